The molecule has 4 heteroatoms. The molecule has 2 aromatic heterocycles. The molecule has 0 fully saturated rings. The highest BCUT2D eigenvalue weighted by Crippen LogP contribution is 1.97. The van der Waals surface area contributed by atoms with Crippen LogP contribution >= 0.6 is 0 Å². The van der Waals surface area contributed by atoms with Gasteiger partial charge in [-0.25, -0.2) is 9.50 Å². The van der Waals surface area contributed by atoms with E-state index in [1.807, 2.05) is 26.1 Å². The van der Waals surface area contributed by atoms with Crippen LogP contribution in [-0.4, -0.2) is 19.6 Å². The molecule has 0 aliphatic heterocycles. The van der Waals surface area contributed by atoms with E-state index >= 15 is 0 Å². The third-order valence-corrected chi connectivity index (χ3v) is 1.45. The van der Waals surface area contributed by atoms with Gasteiger partial charge in [-0.2, -0.15) is 10.1 Å². The van der Waals surface area contributed by atoms with Gasteiger partial charge in [0.05, 0.1) is 0 Å². The maximum absolute atomic E-state index is 4.19. The topological polar surface area (TPSA) is 43.1 Å². The van der Waals surface area contributed by atoms with Crippen LogP contribution in [0, 0.1) is 13.8 Å². The highest BCUT2D eigenvalue weighted by atomic mass is 15.3. The molecule has 2 heterocycles. The van der Waals surface area contributed by atoms with E-state index in [-0.39, 0.29) is 0 Å². The fourth-order valence-electron chi connectivity index (χ4n) is 0.969. The summed E-state index contributed by atoms with van der Waals surface area (Å²) in [5.74, 6) is 1.42. The van der Waals surface area contributed by atoms with Gasteiger partial charge < -0.3 is 0 Å². The highest BCUT2D eigenvalue weighted by Gasteiger charge is 1.98. The first-order chi connectivity index (χ1) is 5.25. The third-order valence-electron chi connectivity index (χ3n) is 1.45. The molecule has 0 aliphatic rings. The molecular formula is C7H8N4. The molecule has 0 unspecified atom stereocenters. The van der Waals surface area contributed by atoms with Crippen LogP contribution in [0.2, 0.25) is 0 Å². The molecule has 0 radical (unpaired) electrons. The summed E-state index contributed by atoms with van der Waals surface area (Å²) in [6, 6.07) is 1.90. The van der Waals surface area contributed by atoms with Gasteiger partial charge in [-0.3, -0.25) is 0 Å². The van der Waals surface area contributed by atoms with Crippen molar-refractivity contribution in [3.63, 3.8) is 0 Å². The van der Waals surface area contributed by atoms with Gasteiger partial charge in [0, 0.05) is 11.9 Å². The van der Waals surface area contributed by atoms with E-state index in [9.17, 15) is 0 Å². The summed E-state index contributed by atoms with van der Waals surface area (Å²) in [5, 5.41) is 4.10. The predicted molar refractivity (Wildman–Crippen MR) is 40.3 cm³/mol. The lowest BCUT2D eigenvalue weighted by Crippen LogP contribution is -1.90. The van der Waals surface area contributed by atoms with Crippen molar-refractivity contribution in [3.8, 4) is 0 Å². The van der Waals surface area contributed by atoms with Gasteiger partial charge in [-0.05, 0) is 19.9 Å². The van der Waals surface area contributed by atoms with Crippen LogP contribution < -0.4 is 0 Å². The molecule has 0 bridgehead atoms. The van der Waals surface area contributed by atoms with Crippen molar-refractivity contribution >= 4 is 5.78 Å². The smallest absolute Gasteiger partial charge is 0.216 e. The third kappa shape index (κ3) is 0.960. The zero-order valence-electron chi connectivity index (χ0n) is 6.44. The molecule has 0 spiro atoms. The molecule has 2 rings (SSSR count). The van der Waals surface area contributed by atoms with Crippen LogP contribution in [0.3, 0.4) is 0 Å². The summed E-state index contributed by atoms with van der Waals surface area (Å²) in [7, 11) is 0. The van der Waals surface area contributed by atoms with Gasteiger partial charge in [0.15, 0.2) is 0 Å². The monoisotopic (exact) mass is 148 g/mol. The van der Waals surface area contributed by atoms with Crippen molar-refractivity contribution in [1.82, 2.24) is 19.6 Å². The summed E-state index contributed by atoms with van der Waals surface area (Å²) in [5.41, 5.74) is 0.963. The first-order valence-electron chi connectivity index (χ1n) is 3.42. The summed E-state index contributed by atoms with van der Waals surface area (Å²) >= 11 is 0. The maximum atomic E-state index is 4.19. The Balaban J connectivity index is 2.82. The Morgan fingerprint density at radius 1 is 1.27 bits per heavy atom. The minimum atomic E-state index is 0.669. The second-order valence-corrected chi connectivity index (χ2v) is 2.47. The van der Waals surface area contributed by atoms with Gasteiger partial charge >= 0.3 is 0 Å². The van der Waals surface area contributed by atoms with E-state index < -0.39 is 0 Å². The normalized spacial score (nSPS) is 10.7. The van der Waals surface area contributed by atoms with Gasteiger partial charge in [0.1, 0.15) is 5.82 Å². The van der Waals surface area contributed by atoms with Gasteiger partial charge in [-0.1, -0.05) is 0 Å². The van der Waals surface area contributed by atoms with E-state index in [4.69, 9.17) is 0 Å². The Hall–Kier alpha value is -1.45. The highest BCUT2D eigenvalue weighted by molar-refractivity contribution is 5.26. The average molecular weight is 148 g/mol. The van der Waals surface area contributed by atoms with Crippen LogP contribution in [-0.2, 0) is 0 Å². The number of hydrogen-bond acceptors (Lipinski definition) is 3. The van der Waals surface area contributed by atoms with Crippen molar-refractivity contribution in [3.05, 3.63) is 23.8 Å². The number of fused-ring (bicyclic) bond motifs is 1. The van der Waals surface area contributed by atoms with Crippen molar-refractivity contribution in [2.24, 2.45) is 0 Å². The molecule has 56 valence electrons. The second-order valence-electron chi connectivity index (χ2n) is 2.47. The largest absolute Gasteiger partial charge is 0.252 e. The fourth-order valence-corrected chi connectivity index (χ4v) is 0.969. The molecule has 11 heavy (non-hydrogen) atoms. The maximum Gasteiger partial charge on any atom is 0.252 e. The van der Waals surface area contributed by atoms with Crippen LogP contribution in [0.5, 0.6) is 0 Å². The zero-order valence-corrected chi connectivity index (χ0v) is 6.44. The molecule has 0 N–H and O–H groups in total. The Morgan fingerprint density at radius 2 is 2.09 bits per heavy atom. The molecule has 0 amide bonds. The standard InChI is InChI=1S/C7H8N4/c1-5-3-4-11-7(8-5)9-6(2)10-11/h3-4H,1-2H3. The molecule has 0 saturated carbocycles. The lowest BCUT2D eigenvalue weighted by Gasteiger charge is -1.89. The first kappa shape index (κ1) is 6.27. The van der Waals surface area contributed by atoms with Crippen LogP contribution in [0.1, 0.15) is 11.5 Å². The molecule has 0 aliphatic carbocycles. The Bertz CT molecular complexity index is 390. The summed E-state index contributed by atoms with van der Waals surface area (Å²) in [4.78, 5) is 8.30. The molecular weight excluding hydrogens is 140 g/mol. The first-order valence-corrected chi connectivity index (χ1v) is 3.42. The number of aryl methyl sites for hydroxylation is 2. The summed E-state index contributed by atoms with van der Waals surface area (Å²) < 4.78 is 1.67. The number of nitrogens with zero attached hydrogens (tertiary/aromatic N) is 4. The molecule has 0 saturated heterocycles. The van der Waals surface area contributed by atoms with E-state index in [1.165, 1.54) is 0 Å². The Kier molecular flexibility index (Phi) is 1.15. The van der Waals surface area contributed by atoms with E-state index in [0.717, 1.165) is 11.5 Å². The Morgan fingerprint density at radius 3 is 2.91 bits per heavy atom. The second kappa shape index (κ2) is 2.02. The minimum Gasteiger partial charge on any atom is -0.216 e. The van der Waals surface area contributed by atoms with Crippen molar-refractivity contribution < 1.29 is 0 Å². The lowest BCUT2D eigenvalue weighted by atomic mass is 10.5. The van der Waals surface area contributed by atoms with Gasteiger partial charge in [0.2, 0.25) is 0 Å². The zero-order chi connectivity index (χ0) is 7.84. The Labute approximate surface area is 63.9 Å². The van der Waals surface area contributed by atoms with Gasteiger partial charge in [0.25, 0.3) is 5.78 Å². The summed E-state index contributed by atoms with van der Waals surface area (Å²) in [6.45, 7) is 3.79. The summed E-state index contributed by atoms with van der Waals surface area (Å²) in [6.07, 6.45) is 1.86. The SMILES string of the molecule is Cc1ccn2nc(C)nc2n1. The van der Waals surface area contributed by atoms with Crippen LogP contribution in [0.4, 0.5) is 0 Å². The van der Waals surface area contributed by atoms with Crippen LogP contribution in [0.25, 0.3) is 5.78 Å². The minimum absolute atomic E-state index is 0.669. The molecule has 0 aromatic carbocycles. The van der Waals surface area contributed by atoms with Crippen LogP contribution in [0.15, 0.2) is 12.3 Å². The number of aromatic nitrogens is 4. The molecule has 2 aromatic rings. The van der Waals surface area contributed by atoms with E-state index in [1.54, 1.807) is 4.52 Å². The molecule has 0 atom stereocenters. The molecule has 4 nitrogen and oxygen atoms in total. The number of rotatable bonds is 0. The van der Waals surface area contributed by atoms with E-state index in [2.05, 4.69) is 15.1 Å². The number of hydrogen-bond donors (Lipinski definition) is 0. The quantitative estimate of drug-likeness (QED) is 0.553. The average Bonchev–Trinajstić information content (AvgIpc) is 2.27. The lowest BCUT2D eigenvalue weighted by molar-refractivity contribution is 0.909. The fraction of sp³-hybridized carbons (Fsp3) is 0.286. The van der Waals surface area contributed by atoms with Crippen molar-refractivity contribution in [1.29, 1.82) is 0 Å². The predicted octanol–water partition coefficient (Wildman–Crippen LogP) is 0.741. The van der Waals surface area contributed by atoms with Gasteiger partial charge in [-0.15, -0.1) is 0 Å². The van der Waals surface area contributed by atoms with Crippen molar-refractivity contribution in [2.45, 2.75) is 13.8 Å². The van der Waals surface area contributed by atoms with Crippen molar-refractivity contribution in [2.75, 3.05) is 0 Å². The van der Waals surface area contributed by atoms with E-state index in [0.29, 0.717) is 5.78 Å².